The average molecular weight is 421 g/mol. The summed E-state index contributed by atoms with van der Waals surface area (Å²) >= 11 is 0. The van der Waals surface area contributed by atoms with Gasteiger partial charge in [0.2, 0.25) is 0 Å². The van der Waals surface area contributed by atoms with Crippen molar-refractivity contribution in [3.8, 4) is 0 Å². The third kappa shape index (κ3) is 19.0. The van der Waals surface area contributed by atoms with Crippen molar-refractivity contribution in [3.63, 3.8) is 0 Å². The number of hydrogen-bond acceptors (Lipinski definition) is 3. The lowest BCUT2D eigenvalue weighted by molar-refractivity contribution is -0.929. The predicted molar refractivity (Wildman–Crippen MR) is 106 cm³/mol. The molecular weight excluding hydrogens is 380 g/mol. The molecule has 0 aromatic heterocycles. The number of unbranched alkanes of at least 4 members (excludes halogenated alkanes) is 4. The Morgan fingerprint density at radius 1 is 0.654 bits per heavy atom. The molecule has 0 radical (unpaired) electrons. The maximum absolute atomic E-state index is 9.63. The lowest BCUT2D eigenvalue weighted by Gasteiger charge is -2.39. The first kappa shape index (κ1) is 28.4. The second-order valence-electron chi connectivity index (χ2n) is 6.71. The minimum absolute atomic E-state index is 0. The van der Waals surface area contributed by atoms with Crippen LogP contribution < -0.4 is 0 Å². The van der Waals surface area contributed by atoms with Crippen LogP contribution in [0.3, 0.4) is 0 Å². The van der Waals surface area contributed by atoms with Crippen LogP contribution in [0.25, 0.3) is 0 Å². The highest BCUT2D eigenvalue weighted by Gasteiger charge is 2.28. The summed E-state index contributed by atoms with van der Waals surface area (Å²) in [6.45, 7) is 15.0. The van der Waals surface area contributed by atoms with Crippen LogP contribution in [0.15, 0.2) is 0 Å². The van der Waals surface area contributed by atoms with Gasteiger partial charge in [-0.15, -0.1) is 0 Å². The van der Waals surface area contributed by atoms with Gasteiger partial charge in [-0.05, 0) is 25.7 Å². The van der Waals surface area contributed by atoms with E-state index in [4.69, 9.17) is 19.6 Å². The first-order valence-corrected chi connectivity index (χ1v) is 12.7. The van der Waals surface area contributed by atoms with Crippen molar-refractivity contribution in [2.75, 3.05) is 26.2 Å². The third-order valence-electron chi connectivity index (χ3n) is 4.16. The molecule has 0 aromatic carbocycles. The van der Waals surface area contributed by atoms with E-state index in [0.29, 0.717) is 0 Å². The van der Waals surface area contributed by atoms with Crippen LogP contribution in [0.2, 0.25) is 0 Å². The smallest absolute Gasteiger partial charge is 0.324 e. The zero-order valence-electron chi connectivity index (χ0n) is 17.8. The summed E-state index contributed by atoms with van der Waals surface area (Å²) in [5.41, 5.74) is 0. The topological polar surface area (TPSA) is 124 Å². The molecule has 0 bridgehead atoms. The molecule has 0 saturated heterocycles. The average Bonchev–Trinajstić information content (AvgIpc) is 2.50. The molecule has 0 amide bonds. The van der Waals surface area contributed by atoms with E-state index in [1.165, 1.54) is 82.0 Å². The molecular formula is C16H41NO7P2+2. The van der Waals surface area contributed by atoms with E-state index >= 15 is 0 Å². The second-order valence-corrected chi connectivity index (χ2v) is 9.33. The molecule has 26 heavy (non-hydrogen) atoms. The van der Waals surface area contributed by atoms with Gasteiger partial charge in [0.05, 0.1) is 26.2 Å². The highest BCUT2D eigenvalue weighted by molar-refractivity contribution is 7.60. The van der Waals surface area contributed by atoms with Crippen molar-refractivity contribution in [1.29, 1.82) is 0 Å². The van der Waals surface area contributed by atoms with Crippen LogP contribution in [-0.2, 0) is 13.4 Å². The predicted octanol–water partition coefficient (Wildman–Crippen LogP) is 4.30. The van der Waals surface area contributed by atoms with Gasteiger partial charge in [-0.3, -0.25) is 0 Å². The SMILES string of the molecule is CCCC[N+](CCCC)(CCCC)CCCC.O=P(O)(O)OP(=O)(O)O.[H+]. The Morgan fingerprint density at radius 2 is 0.885 bits per heavy atom. The third-order valence-corrected chi connectivity index (χ3v) is 5.86. The minimum atomic E-state index is -5.05. The molecule has 10 heteroatoms. The van der Waals surface area contributed by atoms with Gasteiger partial charge in [-0.1, -0.05) is 53.4 Å². The number of phosphoric acid groups is 2. The molecule has 8 nitrogen and oxygen atoms in total. The molecule has 4 N–H and O–H groups in total. The van der Waals surface area contributed by atoms with E-state index in [1.54, 1.807) is 0 Å². The quantitative estimate of drug-likeness (QED) is 0.243. The lowest BCUT2D eigenvalue weighted by atomic mass is 10.1. The van der Waals surface area contributed by atoms with Crippen LogP contribution in [-0.4, -0.2) is 50.2 Å². The summed E-state index contributed by atoms with van der Waals surface area (Å²) < 4.78 is 23.6. The van der Waals surface area contributed by atoms with Crippen molar-refractivity contribution in [3.05, 3.63) is 0 Å². The maximum Gasteiger partial charge on any atom is 1.00 e. The molecule has 0 fully saturated rings. The Bertz CT molecular complexity index is 371. The minimum Gasteiger partial charge on any atom is -0.324 e. The molecule has 0 aromatic rings. The monoisotopic (exact) mass is 421 g/mol. The van der Waals surface area contributed by atoms with Gasteiger partial charge in [0.1, 0.15) is 0 Å². The highest BCUT2D eigenvalue weighted by atomic mass is 31.3. The standard InChI is InChI=1S/C16H36N.H4O7P2/c1-5-9-13-17(14-10-6-2,15-11-7-3)16-12-8-4;1-8(2,3)7-9(4,5)6/h5-16H2,1-4H3;(H2,1,2,3)(H2,4,5,6)/q+1;/p+1. The van der Waals surface area contributed by atoms with Gasteiger partial charge < -0.3 is 24.1 Å². The van der Waals surface area contributed by atoms with Crippen LogP contribution in [0.5, 0.6) is 0 Å². The largest absolute Gasteiger partial charge is 1.00 e. The zero-order chi connectivity index (χ0) is 20.7. The first-order chi connectivity index (χ1) is 11.9. The lowest BCUT2D eigenvalue weighted by Crippen LogP contribution is -2.50. The van der Waals surface area contributed by atoms with Crippen LogP contribution in [0.4, 0.5) is 0 Å². The summed E-state index contributed by atoms with van der Waals surface area (Å²) in [7, 11) is -10.1. The number of hydrogen-bond donors (Lipinski definition) is 4. The molecule has 0 atom stereocenters. The van der Waals surface area contributed by atoms with Crippen LogP contribution in [0, 0.1) is 0 Å². The summed E-state index contributed by atoms with van der Waals surface area (Å²) in [6.07, 6.45) is 11.1. The molecule has 0 spiro atoms. The Labute approximate surface area is 160 Å². The van der Waals surface area contributed by atoms with Crippen molar-refractivity contribution in [2.24, 2.45) is 0 Å². The molecule has 0 heterocycles. The van der Waals surface area contributed by atoms with Gasteiger partial charge in [0.25, 0.3) is 0 Å². The molecule has 0 saturated carbocycles. The van der Waals surface area contributed by atoms with E-state index in [2.05, 4.69) is 32.0 Å². The van der Waals surface area contributed by atoms with E-state index in [0.717, 1.165) is 0 Å². The van der Waals surface area contributed by atoms with Gasteiger partial charge >= 0.3 is 17.1 Å². The number of rotatable bonds is 14. The van der Waals surface area contributed by atoms with Gasteiger partial charge in [-0.25, -0.2) is 9.13 Å². The molecule has 160 valence electrons. The Balaban J connectivity index is -0.000000491. The van der Waals surface area contributed by atoms with Gasteiger partial charge in [0, 0.05) is 0 Å². The Kier molecular flexibility index (Phi) is 16.6. The zero-order valence-corrected chi connectivity index (χ0v) is 18.6. The van der Waals surface area contributed by atoms with Crippen molar-refractivity contribution < 1.29 is 38.9 Å². The Morgan fingerprint density at radius 3 is 1.00 bits per heavy atom. The van der Waals surface area contributed by atoms with Gasteiger partial charge in [-0.2, -0.15) is 4.31 Å². The number of quaternary nitrogens is 1. The fourth-order valence-corrected chi connectivity index (χ4v) is 3.89. The van der Waals surface area contributed by atoms with E-state index < -0.39 is 15.6 Å². The molecule has 0 aliphatic heterocycles. The molecule has 0 unspecified atom stereocenters. The molecule has 0 rings (SSSR count). The fraction of sp³-hybridized carbons (Fsp3) is 1.00. The van der Waals surface area contributed by atoms with Crippen molar-refractivity contribution >= 4 is 15.6 Å². The van der Waals surface area contributed by atoms with Gasteiger partial charge in [0.15, 0.2) is 0 Å². The van der Waals surface area contributed by atoms with Crippen molar-refractivity contribution in [2.45, 2.75) is 79.1 Å². The van der Waals surface area contributed by atoms with E-state index in [-0.39, 0.29) is 1.43 Å². The summed E-state index contributed by atoms with van der Waals surface area (Å²) in [6, 6.07) is 0. The second kappa shape index (κ2) is 15.2. The van der Waals surface area contributed by atoms with E-state index in [1.807, 2.05) is 0 Å². The van der Waals surface area contributed by atoms with E-state index in [9.17, 15) is 9.13 Å². The van der Waals surface area contributed by atoms with Crippen LogP contribution >= 0.6 is 15.6 Å². The molecule has 0 aliphatic carbocycles. The Hall–Kier alpha value is 0.220. The summed E-state index contributed by atoms with van der Waals surface area (Å²) in [5.74, 6) is 0. The number of nitrogens with zero attached hydrogens (tertiary/aromatic N) is 1. The summed E-state index contributed by atoms with van der Waals surface area (Å²) in [4.78, 5) is 31.0. The molecule has 0 aliphatic rings. The highest BCUT2D eigenvalue weighted by Crippen LogP contribution is 2.53. The maximum atomic E-state index is 9.63. The van der Waals surface area contributed by atoms with Crippen molar-refractivity contribution in [1.82, 2.24) is 0 Å². The fourth-order valence-electron chi connectivity index (χ4n) is 2.78. The first-order valence-electron chi connectivity index (χ1n) is 9.62. The van der Waals surface area contributed by atoms with Crippen LogP contribution in [0.1, 0.15) is 80.5 Å². The summed E-state index contributed by atoms with van der Waals surface area (Å²) in [5, 5.41) is 0. The normalized spacial score (nSPS) is 12.6.